The molecule has 2 heterocycles. The molecule has 1 atom stereocenters. The van der Waals surface area contributed by atoms with Crippen molar-refractivity contribution in [3.63, 3.8) is 0 Å². The van der Waals surface area contributed by atoms with Crippen molar-refractivity contribution in [3.05, 3.63) is 65.3 Å². The number of hydrogen-bond acceptors (Lipinski definition) is 7. The van der Waals surface area contributed by atoms with Crippen LogP contribution >= 0.6 is 34.7 Å². The molecule has 6 nitrogen and oxygen atoms in total. The molecule has 4 aromatic rings. The quantitative estimate of drug-likeness (QED) is 0.275. The Morgan fingerprint density at radius 2 is 1.93 bits per heavy atom. The number of anilines is 2. The Bertz CT molecular complexity index is 1070. The van der Waals surface area contributed by atoms with Gasteiger partial charge in [0, 0.05) is 46.7 Å². The van der Waals surface area contributed by atoms with E-state index in [9.17, 15) is 5.11 Å². The zero-order valence-electron chi connectivity index (χ0n) is 15.4. The summed E-state index contributed by atoms with van der Waals surface area (Å²) in [4.78, 5) is 3.27. The summed E-state index contributed by atoms with van der Waals surface area (Å²) in [6, 6.07) is 15.6. The molecule has 2 aromatic carbocycles. The van der Waals surface area contributed by atoms with Crippen LogP contribution in [0.25, 0.3) is 10.9 Å². The number of nitrogens with zero attached hydrogens (tertiary/aromatic N) is 2. The van der Waals surface area contributed by atoms with Crippen LogP contribution in [0.5, 0.6) is 0 Å². The summed E-state index contributed by atoms with van der Waals surface area (Å²) >= 11 is 8.86. The predicted octanol–water partition coefficient (Wildman–Crippen LogP) is 4.85. The fraction of sp³-hybridized carbons (Fsp3) is 0.200. The Morgan fingerprint density at radius 1 is 1.10 bits per heavy atom. The van der Waals surface area contributed by atoms with Gasteiger partial charge in [0.2, 0.25) is 5.13 Å². The number of H-pyrrole nitrogens is 1. The number of aliphatic hydroxyl groups excluding tert-OH is 1. The fourth-order valence-electron chi connectivity index (χ4n) is 2.82. The number of rotatable bonds is 9. The van der Waals surface area contributed by atoms with Gasteiger partial charge in [-0.1, -0.05) is 52.9 Å². The van der Waals surface area contributed by atoms with Crippen molar-refractivity contribution in [3.8, 4) is 0 Å². The Hall–Kier alpha value is -2.26. The van der Waals surface area contributed by atoms with Crippen molar-refractivity contribution in [2.75, 3.05) is 22.9 Å². The van der Waals surface area contributed by atoms with E-state index in [1.807, 2.05) is 42.6 Å². The van der Waals surface area contributed by atoms with E-state index < -0.39 is 6.10 Å². The molecule has 29 heavy (non-hydrogen) atoms. The van der Waals surface area contributed by atoms with Crippen LogP contribution in [0.4, 0.5) is 10.8 Å². The van der Waals surface area contributed by atoms with Crippen LogP contribution in [0.15, 0.2) is 59.1 Å². The maximum atomic E-state index is 10.2. The first-order chi connectivity index (χ1) is 14.2. The second-order valence-electron chi connectivity index (χ2n) is 6.44. The molecule has 9 heteroatoms. The maximum Gasteiger partial charge on any atom is 0.206 e. The first-order valence-corrected chi connectivity index (χ1v) is 11.3. The molecule has 1 unspecified atom stereocenters. The Balaban J connectivity index is 1.23. The lowest BCUT2D eigenvalue weighted by atomic mass is 10.2. The summed E-state index contributed by atoms with van der Waals surface area (Å²) in [5, 5.41) is 27.8. The molecule has 4 N–H and O–H groups in total. The predicted molar refractivity (Wildman–Crippen MR) is 122 cm³/mol. The molecule has 0 aliphatic carbocycles. The van der Waals surface area contributed by atoms with E-state index in [1.165, 1.54) is 34.0 Å². The van der Waals surface area contributed by atoms with Crippen LogP contribution in [-0.4, -0.2) is 38.7 Å². The number of fused-ring (bicyclic) bond motifs is 1. The highest BCUT2D eigenvalue weighted by Gasteiger charge is 2.10. The molecular formula is C20H20ClN5OS2. The first-order valence-electron chi connectivity index (χ1n) is 9.10. The monoisotopic (exact) mass is 445 g/mol. The van der Waals surface area contributed by atoms with Gasteiger partial charge in [-0.15, -0.1) is 10.2 Å². The van der Waals surface area contributed by atoms with Gasteiger partial charge < -0.3 is 20.7 Å². The molecule has 4 rings (SSSR count). The summed E-state index contributed by atoms with van der Waals surface area (Å²) in [5.41, 5.74) is 3.24. The van der Waals surface area contributed by atoms with E-state index in [0.29, 0.717) is 23.9 Å². The van der Waals surface area contributed by atoms with Crippen molar-refractivity contribution in [2.24, 2.45) is 0 Å². The van der Waals surface area contributed by atoms with Crippen molar-refractivity contribution in [2.45, 2.75) is 17.0 Å². The Labute approximate surface area is 181 Å². The molecule has 0 saturated carbocycles. The van der Waals surface area contributed by atoms with Crippen LogP contribution in [0.1, 0.15) is 5.56 Å². The van der Waals surface area contributed by atoms with Gasteiger partial charge in [0.25, 0.3) is 0 Å². The number of thioether (sulfide) groups is 1. The number of nitrogens with one attached hydrogen (secondary N) is 3. The average Bonchev–Trinajstić information content (AvgIpc) is 3.37. The highest BCUT2D eigenvalue weighted by Crippen LogP contribution is 2.27. The number of halogens is 1. The third-order valence-electron chi connectivity index (χ3n) is 4.30. The van der Waals surface area contributed by atoms with Crippen LogP contribution in [0, 0.1) is 0 Å². The van der Waals surface area contributed by atoms with Crippen molar-refractivity contribution in [1.82, 2.24) is 15.2 Å². The third-order valence-corrected chi connectivity index (χ3v) is 6.71. The molecule has 150 valence electrons. The molecule has 0 bridgehead atoms. The van der Waals surface area contributed by atoms with E-state index >= 15 is 0 Å². The fourth-order valence-corrected chi connectivity index (χ4v) is 4.65. The van der Waals surface area contributed by atoms with E-state index in [2.05, 4.69) is 37.9 Å². The van der Waals surface area contributed by atoms with Crippen LogP contribution in [0.2, 0.25) is 5.02 Å². The topological polar surface area (TPSA) is 85.9 Å². The maximum absolute atomic E-state index is 10.2. The van der Waals surface area contributed by atoms with Crippen molar-refractivity contribution < 1.29 is 5.11 Å². The van der Waals surface area contributed by atoms with E-state index in [-0.39, 0.29) is 0 Å². The minimum absolute atomic E-state index is 0.457. The summed E-state index contributed by atoms with van der Waals surface area (Å²) in [5.74, 6) is 0.539. The largest absolute Gasteiger partial charge is 0.390 e. The van der Waals surface area contributed by atoms with Gasteiger partial charge in [0.1, 0.15) is 0 Å². The standard InChI is InChI=1S/C20H20ClN5OS2/c21-14-5-7-15(8-6-14)22-11-16(27)12-28-20-26-25-19(29-20)24-10-13-9-23-18-4-2-1-3-17(13)18/h1-9,16,22-23,27H,10-12H2,(H,24,25). The Morgan fingerprint density at radius 3 is 2.79 bits per heavy atom. The van der Waals surface area contributed by atoms with Crippen LogP contribution < -0.4 is 10.6 Å². The molecular weight excluding hydrogens is 426 g/mol. The van der Waals surface area contributed by atoms with Gasteiger partial charge in [0.15, 0.2) is 4.34 Å². The second-order valence-corrected chi connectivity index (χ2v) is 9.12. The van der Waals surface area contributed by atoms with Gasteiger partial charge >= 0.3 is 0 Å². The van der Waals surface area contributed by atoms with Crippen LogP contribution in [0.3, 0.4) is 0 Å². The zero-order chi connectivity index (χ0) is 20.1. The van der Waals surface area contributed by atoms with E-state index in [0.717, 1.165) is 20.7 Å². The minimum atomic E-state index is -0.498. The lowest BCUT2D eigenvalue weighted by molar-refractivity contribution is 0.213. The molecule has 0 radical (unpaired) electrons. The molecule has 0 fully saturated rings. The summed E-state index contributed by atoms with van der Waals surface area (Å²) in [6.45, 7) is 1.13. The van der Waals surface area contributed by atoms with Gasteiger partial charge in [-0.3, -0.25) is 0 Å². The molecule has 0 aliphatic rings. The molecule has 0 amide bonds. The van der Waals surface area contributed by atoms with E-state index in [1.54, 1.807) is 0 Å². The normalized spacial score (nSPS) is 12.2. The highest BCUT2D eigenvalue weighted by atomic mass is 35.5. The molecule has 0 aliphatic heterocycles. The smallest absolute Gasteiger partial charge is 0.206 e. The van der Waals surface area contributed by atoms with Gasteiger partial charge in [0.05, 0.1) is 6.10 Å². The SMILES string of the molecule is OC(CNc1ccc(Cl)cc1)CSc1nnc(NCc2c[nH]c3ccccc23)s1. The van der Waals surface area contributed by atoms with Crippen LogP contribution in [-0.2, 0) is 6.54 Å². The first kappa shape index (κ1) is 20.0. The third kappa shape index (κ3) is 5.42. The average molecular weight is 446 g/mol. The van der Waals surface area contributed by atoms with E-state index in [4.69, 9.17) is 11.6 Å². The van der Waals surface area contributed by atoms with Crippen molar-refractivity contribution in [1.29, 1.82) is 0 Å². The van der Waals surface area contributed by atoms with Gasteiger partial charge in [-0.2, -0.15) is 0 Å². The van der Waals surface area contributed by atoms with Gasteiger partial charge in [-0.05, 0) is 35.9 Å². The number of aromatic nitrogens is 3. The number of aliphatic hydroxyl groups is 1. The molecule has 0 spiro atoms. The van der Waals surface area contributed by atoms with Crippen molar-refractivity contribution >= 4 is 56.4 Å². The molecule has 0 saturated heterocycles. The Kier molecular flexibility index (Phi) is 6.56. The second kappa shape index (κ2) is 9.49. The summed E-state index contributed by atoms with van der Waals surface area (Å²) in [6.07, 6.45) is 1.51. The summed E-state index contributed by atoms with van der Waals surface area (Å²) in [7, 11) is 0. The number of hydrogen-bond donors (Lipinski definition) is 4. The molecule has 2 aromatic heterocycles. The number of para-hydroxylation sites is 1. The van der Waals surface area contributed by atoms with Gasteiger partial charge in [-0.25, -0.2) is 0 Å². The number of benzene rings is 2. The summed E-state index contributed by atoms with van der Waals surface area (Å²) < 4.78 is 0.831. The number of aromatic amines is 1. The zero-order valence-corrected chi connectivity index (χ0v) is 17.8. The lowest BCUT2D eigenvalue weighted by Crippen LogP contribution is -2.21. The highest BCUT2D eigenvalue weighted by molar-refractivity contribution is 8.01. The lowest BCUT2D eigenvalue weighted by Gasteiger charge is -2.11. The minimum Gasteiger partial charge on any atom is -0.390 e.